The van der Waals surface area contributed by atoms with Crippen molar-refractivity contribution in [3.8, 4) is 28.5 Å². The fraction of sp³-hybridized carbons (Fsp3) is 0.0909. The minimum Gasteiger partial charge on any atom is -0.484 e. The van der Waals surface area contributed by atoms with E-state index in [-0.39, 0.29) is 12.5 Å². The molecule has 4 rings (SSSR count). The Morgan fingerprint density at radius 2 is 1.94 bits per heavy atom. The molecule has 0 fully saturated rings. The van der Waals surface area contributed by atoms with Gasteiger partial charge in [-0.1, -0.05) is 35.3 Å². The average molecular weight is 487 g/mol. The van der Waals surface area contributed by atoms with E-state index in [1.807, 2.05) is 11.4 Å². The third-order valence-electron chi connectivity index (χ3n) is 4.37. The zero-order chi connectivity index (χ0) is 22.5. The zero-order valence-electron chi connectivity index (χ0n) is 16.6. The summed E-state index contributed by atoms with van der Waals surface area (Å²) < 4.78 is 10.8. The van der Waals surface area contributed by atoms with Crippen molar-refractivity contribution >= 4 is 45.6 Å². The predicted molar refractivity (Wildman–Crippen MR) is 125 cm³/mol. The Labute approximate surface area is 197 Å². The van der Waals surface area contributed by atoms with Crippen molar-refractivity contribution in [2.24, 2.45) is 0 Å². The molecule has 2 aromatic heterocycles. The highest BCUT2D eigenvalue weighted by Crippen LogP contribution is 2.32. The van der Waals surface area contributed by atoms with Gasteiger partial charge in [0.2, 0.25) is 12.3 Å². The van der Waals surface area contributed by atoms with Gasteiger partial charge in [-0.25, -0.2) is 4.98 Å². The molecule has 1 amide bonds. The van der Waals surface area contributed by atoms with Gasteiger partial charge in [0.15, 0.2) is 11.7 Å². The monoisotopic (exact) mass is 486 g/mol. The van der Waals surface area contributed by atoms with Gasteiger partial charge in [-0.2, -0.15) is 0 Å². The first-order chi connectivity index (χ1) is 15.5. The molecule has 7 nitrogen and oxygen atoms in total. The number of thiazole rings is 1. The van der Waals surface area contributed by atoms with Crippen LogP contribution in [-0.4, -0.2) is 34.2 Å². The third kappa shape index (κ3) is 4.99. The van der Waals surface area contributed by atoms with Gasteiger partial charge in [0.25, 0.3) is 5.91 Å². The number of amides is 1. The zero-order valence-corrected chi connectivity index (χ0v) is 18.9. The molecule has 0 spiro atoms. The Morgan fingerprint density at radius 3 is 2.62 bits per heavy atom. The summed E-state index contributed by atoms with van der Waals surface area (Å²) in [6.07, 6.45) is 2.90. The van der Waals surface area contributed by atoms with Crippen LogP contribution >= 0.6 is 34.5 Å². The molecule has 162 valence electrons. The molecule has 0 unspecified atom stereocenters. The number of rotatable bonds is 8. The highest BCUT2D eigenvalue weighted by Gasteiger charge is 2.19. The molecule has 2 heterocycles. The molecule has 4 aromatic rings. The van der Waals surface area contributed by atoms with Crippen LogP contribution in [0.5, 0.6) is 5.75 Å². The quantitative estimate of drug-likeness (QED) is 0.294. The first-order valence-corrected chi connectivity index (χ1v) is 11.0. The van der Waals surface area contributed by atoms with Gasteiger partial charge in [-0.15, -0.1) is 28.1 Å². The number of hydrogen-bond donors (Lipinski definition) is 0. The second-order valence-corrected chi connectivity index (χ2v) is 8.15. The van der Waals surface area contributed by atoms with Crippen LogP contribution in [0.3, 0.4) is 0 Å². The molecule has 0 bridgehead atoms. The van der Waals surface area contributed by atoms with Crippen molar-refractivity contribution in [1.29, 1.82) is 0 Å². The highest BCUT2D eigenvalue weighted by atomic mass is 35.5. The van der Waals surface area contributed by atoms with E-state index in [0.717, 1.165) is 11.1 Å². The summed E-state index contributed by atoms with van der Waals surface area (Å²) in [6.45, 7) is 3.88. The molecule has 0 saturated heterocycles. The summed E-state index contributed by atoms with van der Waals surface area (Å²) in [5.41, 5.74) is 2.26. The maximum atomic E-state index is 12.9. The lowest BCUT2D eigenvalue weighted by Crippen LogP contribution is -2.35. The summed E-state index contributed by atoms with van der Waals surface area (Å²) >= 11 is 13.4. The normalized spacial score (nSPS) is 10.7. The second kappa shape index (κ2) is 9.95. The number of halogens is 2. The van der Waals surface area contributed by atoms with E-state index in [0.29, 0.717) is 39.1 Å². The van der Waals surface area contributed by atoms with E-state index in [9.17, 15) is 4.79 Å². The predicted octanol–water partition coefficient (Wildman–Crippen LogP) is 5.76. The van der Waals surface area contributed by atoms with Crippen LogP contribution in [0.25, 0.3) is 22.7 Å². The van der Waals surface area contributed by atoms with Gasteiger partial charge in [-0.05, 0) is 36.4 Å². The lowest BCUT2D eigenvalue weighted by molar-refractivity contribution is -0.120. The van der Waals surface area contributed by atoms with Crippen LogP contribution in [0.15, 0.2) is 71.3 Å². The number of carbonyl (C=O) groups is 1. The molecule has 0 atom stereocenters. The molecule has 0 N–H and O–H groups in total. The Kier molecular flexibility index (Phi) is 6.84. The van der Waals surface area contributed by atoms with E-state index in [2.05, 4.69) is 21.8 Å². The van der Waals surface area contributed by atoms with Gasteiger partial charge in [-0.3, -0.25) is 9.69 Å². The number of hydrogen-bond acceptors (Lipinski definition) is 7. The molecule has 32 heavy (non-hydrogen) atoms. The van der Waals surface area contributed by atoms with Gasteiger partial charge in [0.05, 0.1) is 15.7 Å². The number of carbonyl (C=O) groups excluding carboxylic acids is 1. The summed E-state index contributed by atoms with van der Waals surface area (Å²) in [6, 6.07) is 12.3. The van der Waals surface area contributed by atoms with Gasteiger partial charge < -0.3 is 9.15 Å². The number of nitrogens with zero attached hydrogens (tertiary/aromatic N) is 4. The smallest absolute Gasteiger partial charge is 0.266 e. The topological polar surface area (TPSA) is 81.4 Å². The maximum Gasteiger partial charge on any atom is 0.266 e. The van der Waals surface area contributed by atoms with E-state index in [4.69, 9.17) is 32.4 Å². The molecule has 0 radical (unpaired) electrons. The fourth-order valence-corrected chi connectivity index (χ4v) is 3.97. The van der Waals surface area contributed by atoms with Crippen molar-refractivity contribution in [2.45, 2.75) is 0 Å². The minimum atomic E-state index is -0.249. The lowest BCUT2D eigenvalue weighted by Gasteiger charge is -2.18. The molecule has 0 aliphatic heterocycles. The first-order valence-electron chi connectivity index (χ1n) is 9.37. The first kappa shape index (κ1) is 22.0. The molecular formula is C22H16Cl2N4O3S. The van der Waals surface area contributed by atoms with Gasteiger partial charge in [0.1, 0.15) is 5.75 Å². The summed E-state index contributed by atoms with van der Waals surface area (Å²) in [5, 5.41) is 10.8. The Bertz CT molecular complexity index is 1230. The van der Waals surface area contributed by atoms with Crippen molar-refractivity contribution in [2.75, 3.05) is 18.1 Å². The van der Waals surface area contributed by atoms with E-state index < -0.39 is 0 Å². The van der Waals surface area contributed by atoms with Crippen LogP contribution in [-0.2, 0) is 4.79 Å². The molecule has 0 saturated carbocycles. The minimum absolute atomic E-state index is 0.157. The van der Waals surface area contributed by atoms with E-state index in [1.165, 1.54) is 22.6 Å². The van der Waals surface area contributed by atoms with Crippen LogP contribution in [0.2, 0.25) is 10.0 Å². The summed E-state index contributed by atoms with van der Waals surface area (Å²) in [5.74, 6) is 0.697. The third-order valence-corrected chi connectivity index (χ3v) is 5.98. The number of benzene rings is 2. The second-order valence-electron chi connectivity index (χ2n) is 6.49. The van der Waals surface area contributed by atoms with Crippen LogP contribution < -0.4 is 9.64 Å². The SMILES string of the molecule is C=CCN(C(=O)COc1ccc(-c2nnco2)cc1)c1nc(-c2ccc(Cl)c(Cl)c2)cs1. The Balaban J connectivity index is 1.44. The van der Waals surface area contributed by atoms with Gasteiger partial charge in [0, 0.05) is 23.1 Å². The van der Waals surface area contributed by atoms with Crippen LogP contribution in [0.4, 0.5) is 5.13 Å². The summed E-state index contributed by atoms with van der Waals surface area (Å²) in [7, 11) is 0. The van der Waals surface area contributed by atoms with Crippen molar-refractivity contribution in [1.82, 2.24) is 15.2 Å². The Morgan fingerprint density at radius 1 is 1.16 bits per heavy atom. The molecule has 0 aliphatic rings. The molecule has 2 aromatic carbocycles. The fourth-order valence-electron chi connectivity index (χ4n) is 2.81. The maximum absolute atomic E-state index is 12.9. The Hall–Kier alpha value is -3.20. The van der Waals surface area contributed by atoms with Crippen LogP contribution in [0.1, 0.15) is 0 Å². The summed E-state index contributed by atoms with van der Waals surface area (Å²) in [4.78, 5) is 19.0. The lowest BCUT2D eigenvalue weighted by atomic mass is 10.2. The number of aromatic nitrogens is 3. The van der Waals surface area contributed by atoms with Crippen molar-refractivity contribution in [3.05, 3.63) is 76.9 Å². The molecular weight excluding hydrogens is 471 g/mol. The van der Waals surface area contributed by atoms with E-state index >= 15 is 0 Å². The number of ether oxygens (including phenoxy) is 1. The average Bonchev–Trinajstić information content (AvgIpc) is 3.51. The number of anilines is 1. The van der Waals surface area contributed by atoms with Gasteiger partial charge >= 0.3 is 0 Å². The van der Waals surface area contributed by atoms with Crippen LogP contribution in [0, 0.1) is 0 Å². The van der Waals surface area contributed by atoms with E-state index in [1.54, 1.807) is 42.5 Å². The molecule has 0 aliphatic carbocycles. The largest absolute Gasteiger partial charge is 0.484 e. The van der Waals surface area contributed by atoms with Crippen molar-refractivity contribution in [3.63, 3.8) is 0 Å². The van der Waals surface area contributed by atoms with Crippen molar-refractivity contribution < 1.29 is 13.9 Å². The molecule has 10 heteroatoms. The highest BCUT2D eigenvalue weighted by molar-refractivity contribution is 7.14. The standard InChI is InChI=1S/C22H16Cl2N4O3S/c1-2-9-28(22-26-19(12-32-22)15-5-8-17(23)18(24)10-15)20(29)11-30-16-6-3-14(4-7-16)21-27-25-13-31-21/h2-8,10,12-13H,1,9,11H2.